The lowest BCUT2D eigenvalue weighted by atomic mass is 10.0. The lowest BCUT2D eigenvalue weighted by Gasteiger charge is -2.07. The van der Waals surface area contributed by atoms with Crippen molar-refractivity contribution in [3.63, 3.8) is 0 Å². The van der Waals surface area contributed by atoms with Gasteiger partial charge >= 0.3 is 0 Å². The number of aryl methyl sites for hydroxylation is 2. The SMILES string of the molecule is CC(C)c1nc(C(C)C)c(C(C)C)[nH]1.CC(C)c1nn(C(C)C)nc1C(C)C.CC(C)c1noc(C(C)C)n1.Cc1cnc(C(C)C)[nH]1.Cc1nc(C(C)C)c(C(C)C)o1. The maximum absolute atomic E-state index is 5.53. The smallest absolute Gasteiger partial charge is 0.229 e. The molecule has 5 heterocycles. The molecule has 0 saturated carbocycles. The third-order valence-corrected chi connectivity index (χ3v) is 9.29. The van der Waals surface area contributed by atoms with Crippen molar-refractivity contribution in [1.82, 2.24) is 50.1 Å². The number of nitrogens with one attached hydrogen (secondary N) is 2. The van der Waals surface area contributed by atoms with E-state index in [0.29, 0.717) is 65.2 Å². The molecule has 5 aromatic rings. The molecule has 2 N–H and O–H groups in total. The second-order valence-corrected chi connectivity index (χ2v) is 19.3. The molecular formula is C48H86N10O2. The zero-order chi connectivity index (χ0) is 46.3. The second-order valence-electron chi connectivity index (χ2n) is 19.3. The maximum atomic E-state index is 5.53. The molecule has 0 aliphatic rings. The summed E-state index contributed by atoms with van der Waals surface area (Å²) in [5, 5.41) is 12.9. The van der Waals surface area contributed by atoms with Gasteiger partial charge in [0, 0.05) is 54.1 Å². The summed E-state index contributed by atoms with van der Waals surface area (Å²) in [7, 11) is 0. The molecule has 60 heavy (non-hydrogen) atoms. The standard InChI is InChI=1S/C12H22N2.C11H21N3.C10H17NO.C8H14N2O.C7H12N2/c1-7(2)10-11(8(3)4)14-12(13-10)9(5)6;1-7(2)10-11(8(3)4)13-14(12-10)9(5)6;1-6(2)9-10(7(3)4)12-8(5)11-9;1-5(2)7-9-8(6(3)4)11-10-7;1-5(2)7-8-4-6(3)9-7/h7-9H,1-6H3,(H,13,14);7-9H,1-6H3;6-7H,1-5H3;5-6H,1-4H3;4-5H,1-3H3,(H,8,9). The van der Waals surface area contributed by atoms with Crippen molar-refractivity contribution < 1.29 is 8.94 Å². The van der Waals surface area contributed by atoms with Gasteiger partial charge in [-0.25, -0.2) is 15.0 Å². The van der Waals surface area contributed by atoms with Gasteiger partial charge in [-0.2, -0.15) is 20.0 Å². The van der Waals surface area contributed by atoms with Gasteiger partial charge in [0.1, 0.15) is 17.4 Å². The van der Waals surface area contributed by atoms with Gasteiger partial charge in [-0.15, -0.1) is 0 Å². The summed E-state index contributed by atoms with van der Waals surface area (Å²) >= 11 is 0. The molecule has 0 fully saturated rings. The molecule has 0 atom stereocenters. The van der Waals surface area contributed by atoms with E-state index in [-0.39, 0.29) is 0 Å². The van der Waals surface area contributed by atoms with E-state index in [1.54, 1.807) is 0 Å². The molecule has 0 aliphatic heterocycles. The van der Waals surface area contributed by atoms with Crippen molar-refractivity contribution >= 4 is 0 Å². The number of H-pyrrole nitrogens is 2. The van der Waals surface area contributed by atoms with Crippen LogP contribution in [0.1, 0.15) is 287 Å². The van der Waals surface area contributed by atoms with E-state index in [4.69, 9.17) is 8.94 Å². The quantitative estimate of drug-likeness (QED) is 0.132. The minimum absolute atomic E-state index is 0.329. The first-order chi connectivity index (χ1) is 27.7. The van der Waals surface area contributed by atoms with Crippen molar-refractivity contribution in [3.05, 3.63) is 75.4 Å². The fraction of sp³-hybridized carbons (Fsp3) is 0.729. The molecular weight excluding hydrogens is 749 g/mol. The van der Waals surface area contributed by atoms with Crippen LogP contribution in [-0.4, -0.2) is 50.1 Å². The van der Waals surface area contributed by atoms with Gasteiger partial charge in [-0.05, 0) is 50.4 Å². The van der Waals surface area contributed by atoms with Gasteiger partial charge in [0.15, 0.2) is 11.7 Å². The number of rotatable bonds is 11. The van der Waals surface area contributed by atoms with Crippen molar-refractivity contribution in [2.75, 3.05) is 0 Å². The summed E-state index contributed by atoms with van der Waals surface area (Å²) in [6.07, 6.45) is 1.86. The van der Waals surface area contributed by atoms with Gasteiger partial charge in [0.25, 0.3) is 0 Å². The molecule has 0 aliphatic carbocycles. The van der Waals surface area contributed by atoms with Crippen LogP contribution in [0.3, 0.4) is 0 Å². The second kappa shape index (κ2) is 25.0. The highest BCUT2D eigenvalue weighted by atomic mass is 16.5. The number of hydrogen-bond donors (Lipinski definition) is 2. The third kappa shape index (κ3) is 17.1. The molecule has 5 rings (SSSR count). The Labute approximate surface area is 364 Å². The Balaban J connectivity index is 0.000000378. The molecule has 0 aromatic carbocycles. The monoisotopic (exact) mass is 835 g/mol. The highest BCUT2D eigenvalue weighted by Gasteiger charge is 2.19. The average Bonchev–Trinajstić information content (AvgIpc) is 3.98. The van der Waals surface area contributed by atoms with Crippen LogP contribution in [0.5, 0.6) is 0 Å². The van der Waals surface area contributed by atoms with Crippen LogP contribution < -0.4 is 0 Å². The van der Waals surface area contributed by atoms with Crippen molar-refractivity contribution in [2.45, 2.75) is 231 Å². The average molecular weight is 835 g/mol. The van der Waals surface area contributed by atoms with Gasteiger partial charge in [-0.3, -0.25) is 0 Å². The fourth-order valence-corrected chi connectivity index (χ4v) is 5.70. The lowest BCUT2D eigenvalue weighted by molar-refractivity contribution is 0.359. The van der Waals surface area contributed by atoms with Crippen molar-refractivity contribution in [3.8, 4) is 0 Å². The Morgan fingerprint density at radius 1 is 0.483 bits per heavy atom. The van der Waals surface area contributed by atoms with E-state index in [1.165, 1.54) is 11.4 Å². The zero-order valence-electron chi connectivity index (χ0n) is 42.3. The van der Waals surface area contributed by atoms with Gasteiger partial charge < -0.3 is 18.9 Å². The molecule has 0 radical (unpaired) electrons. The molecule has 12 nitrogen and oxygen atoms in total. The zero-order valence-corrected chi connectivity index (χ0v) is 42.3. The first-order valence-electron chi connectivity index (χ1n) is 22.6. The van der Waals surface area contributed by atoms with Crippen LogP contribution in [-0.2, 0) is 0 Å². The van der Waals surface area contributed by atoms with E-state index in [1.807, 2.05) is 38.7 Å². The number of nitrogens with zero attached hydrogens (tertiary/aromatic N) is 8. The third-order valence-electron chi connectivity index (χ3n) is 9.29. The molecule has 0 bridgehead atoms. The summed E-state index contributed by atoms with van der Waals surface area (Å²) < 4.78 is 10.6. The lowest BCUT2D eigenvalue weighted by Crippen LogP contribution is -2.05. The van der Waals surface area contributed by atoms with Crippen LogP contribution >= 0.6 is 0 Å². The Bertz CT molecular complexity index is 1750. The van der Waals surface area contributed by atoms with Crippen LogP contribution in [0.2, 0.25) is 0 Å². The molecule has 0 saturated heterocycles. The summed E-state index contributed by atoms with van der Waals surface area (Å²) in [5.74, 6) is 10.1. The van der Waals surface area contributed by atoms with E-state index < -0.39 is 0 Å². The summed E-state index contributed by atoms with van der Waals surface area (Å²) in [4.78, 5) is 25.9. The number of imidazole rings is 2. The predicted molar refractivity (Wildman–Crippen MR) is 249 cm³/mol. The molecule has 0 spiro atoms. The predicted octanol–water partition coefficient (Wildman–Crippen LogP) is 14.3. The topological polar surface area (TPSA) is 153 Å². The van der Waals surface area contributed by atoms with Gasteiger partial charge in [0.2, 0.25) is 5.89 Å². The largest absolute Gasteiger partial charge is 0.445 e. The maximum Gasteiger partial charge on any atom is 0.229 e. The Hall–Kier alpha value is -4.09. The van der Waals surface area contributed by atoms with E-state index in [2.05, 4.69) is 184 Å². The van der Waals surface area contributed by atoms with Crippen molar-refractivity contribution in [1.29, 1.82) is 0 Å². The molecule has 340 valence electrons. The Kier molecular flexibility index (Phi) is 22.5. The summed E-state index contributed by atoms with van der Waals surface area (Å²) in [6.45, 7) is 50.9. The van der Waals surface area contributed by atoms with E-state index in [9.17, 15) is 0 Å². The fourth-order valence-electron chi connectivity index (χ4n) is 5.70. The minimum Gasteiger partial charge on any atom is -0.445 e. The molecule has 0 unspecified atom stereocenters. The molecule has 0 amide bonds. The van der Waals surface area contributed by atoms with Crippen LogP contribution in [0.15, 0.2) is 15.1 Å². The number of aromatic amines is 2. The minimum atomic E-state index is 0.329. The number of aromatic nitrogens is 10. The first-order valence-corrected chi connectivity index (χ1v) is 22.6. The Morgan fingerprint density at radius 2 is 0.983 bits per heavy atom. The molecule has 5 aromatic heterocycles. The Morgan fingerprint density at radius 3 is 1.25 bits per heavy atom. The van der Waals surface area contributed by atoms with E-state index >= 15 is 0 Å². The highest BCUT2D eigenvalue weighted by molar-refractivity contribution is 5.22. The summed E-state index contributed by atoms with van der Waals surface area (Å²) in [6, 6.07) is 0.347. The van der Waals surface area contributed by atoms with Crippen molar-refractivity contribution in [2.24, 2.45) is 0 Å². The van der Waals surface area contributed by atoms with Gasteiger partial charge in [0.05, 0.1) is 28.8 Å². The normalized spacial score (nSPS) is 11.7. The number of hydrogen-bond acceptors (Lipinski definition) is 9. The molecule has 12 heteroatoms. The van der Waals surface area contributed by atoms with E-state index in [0.717, 1.165) is 57.8 Å². The van der Waals surface area contributed by atoms with Gasteiger partial charge in [-0.1, -0.05) is 144 Å². The first kappa shape index (κ1) is 53.9. The van der Waals surface area contributed by atoms with Crippen LogP contribution in [0.25, 0.3) is 0 Å². The van der Waals surface area contributed by atoms with Crippen LogP contribution in [0, 0.1) is 13.8 Å². The summed E-state index contributed by atoms with van der Waals surface area (Å²) in [5.41, 5.74) is 7.09. The number of oxazole rings is 1. The highest BCUT2D eigenvalue weighted by Crippen LogP contribution is 2.28. The van der Waals surface area contributed by atoms with Crippen LogP contribution in [0.4, 0.5) is 0 Å².